The molecule has 5 rings (SSSR count). The molecule has 1 atom stereocenters. The zero-order chi connectivity index (χ0) is 17.6. The molecule has 1 nitrogen and oxygen atoms in total. The zero-order valence-corrected chi connectivity index (χ0v) is 14.6. The van der Waals surface area contributed by atoms with Gasteiger partial charge in [-0.15, -0.1) is 0 Å². The van der Waals surface area contributed by atoms with Gasteiger partial charge >= 0.3 is 0 Å². The quantitative estimate of drug-likeness (QED) is 0.635. The highest BCUT2D eigenvalue weighted by Crippen LogP contribution is 2.48. The van der Waals surface area contributed by atoms with Crippen molar-refractivity contribution in [3.8, 4) is 0 Å². The summed E-state index contributed by atoms with van der Waals surface area (Å²) in [6, 6.07) is 27.1. The number of fused-ring (bicyclic) bond motifs is 2. The first-order chi connectivity index (χ1) is 12.8. The molecule has 0 spiro atoms. The Bertz CT molecular complexity index is 1030. The van der Waals surface area contributed by atoms with E-state index in [9.17, 15) is 4.79 Å². The molecule has 0 radical (unpaired) electrons. The van der Waals surface area contributed by atoms with Gasteiger partial charge in [-0.1, -0.05) is 90.5 Å². The van der Waals surface area contributed by atoms with Gasteiger partial charge in [0.05, 0.1) is 5.41 Å². The molecule has 0 bridgehead atoms. The van der Waals surface area contributed by atoms with Gasteiger partial charge in [0.15, 0.2) is 5.78 Å². The lowest BCUT2D eigenvalue weighted by atomic mass is 9.71. The molecule has 3 aromatic carbocycles. The Labute approximate surface area is 154 Å². The molecule has 3 aromatic rings. The van der Waals surface area contributed by atoms with Gasteiger partial charge in [0.2, 0.25) is 0 Å². The van der Waals surface area contributed by atoms with Gasteiger partial charge < -0.3 is 0 Å². The maximum Gasteiger partial charge on any atom is 0.174 e. The summed E-state index contributed by atoms with van der Waals surface area (Å²) in [7, 11) is 0. The fourth-order valence-corrected chi connectivity index (χ4v) is 4.61. The monoisotopic (exact) mass is 336 g/mol. The SMILES string of the molecule is O=C1c2ccccc2CC1(Cc1ccccc1)C1=Cc2ccccc2C1. The van der Waals surface area contributed by atoms with E-state index >= 15 is 0 Å². The van der Waals surface area contributed by atoms with Crippen LogP contribution in [0, 0.1) is 5.41 Å². The summed E-state index contributed by atoms with van der Waals surface area (Å²) in [6.45, 7) is 0. The average molecular weight is 336 g/mol. The molecule has 2 aliphatic carbocycles. The lowest BCUT2D eigenvalue weighted by Gasteiger charge is -2.29. The van der Waals surface area contributed by atoms with Gasteiger partial charge in [-0.3, -0.25) is 4.79 Å². The second-order valence-corrected chi connectivity index (χ2v) is 7.45. The van der Waals surface area contributed by atoms with E-state index < -0.39 is 5.41 Å². The number of benzene rings is 3. The van der Waals surface area contributed by atoms with E-state index in [0.717, 1.165) is 24.8 Å². The molecule has 0 aromatic heterocycles. The first kappa shape index (κ1) is 15.3. The van der Waals surface area contributed by atoms with Crippen LogP contribution >= 0.6 is 0 Å². The van der Waals surface area contributed by atoms with Crippen molar-refractivity contribution in [2.45, 2.75) is 19.3 Å². The second-order valence-electron chi connectivity index (χ2n) is 7.45. The molecule has 0 saturated heterocycles. The topological polar surface area (TPSA) is 17.1 Å². The summed E-state index contributed by atoms with van der Waals surface area (Å²) in [6.07, 6.45) is 4.71. The molecule has 1 unspecified atom stereocenters. The maximum atomic E-state index is 13.6. The third kappa shape index (κ3) is 2.28. The number of Topliss-reactive ketones (excluding diaryl/α,β-unsaturated/α-hetero) is 1. The largest absolute Gasteiger partial charge is 0.293 e. The number of allylic oxidation sites excluding steroid dienone is 1. The van der Waals surface area contributed by atoms with Gasteiger partial charge in [-0.05, 0) is 41.5 Å². The number of ketones is 1. The minimum atomic E-state index is -0.454. The van der Waals surface area contributed by atoms with Crippen LogP contribution in [0.5, 0.6) is 0 Å². The Balaban J connectivity index is 1.63. The van der Waals surface area contributed by atoms with Crippen molar-refractivity contribution < 1.29 is 4.79 Å². The van der Waals surface area contributed by atoms with Crippen molar-refractivity contribution in [3.05, 3.63) is 112 Å². The van der Waals surface area contributed by atoms with Crippen LogP contribution < -0.4 is 0 Å². The summed E-state index contributed by atoms with van der Waals surface area (Å²) in [4.78, 5) is 13.6. The van der Waals surface area contributed by atoms with Gasteiger partial charge in [-0.2, -0.15) is 0 Å². The molecule has 0 fully saturated rings. The summed E-state index contributed by atoms with van der Waals surface area (Å²) < 4.78 is 0. The minimum absolute atomic E-state index is 0.288. The Morgan fingerprint density at radius 1 is 0.769 bits per heavy atom. The minimum Gasteiger partial charge on any atom is -0.293 e. The lowest BCUT2D eigenvalue weighted by Crippen LogP contribution is -2.33. The van der Waals surface area contributed by atoms with Crippen molar-refractivity contribution in [2.75, 3.05) is 0 Å². The third-order valence-corrected chi connectivity index (χ3v) is 5.92. The molecule has 2 aliphatic rings. The Morgan fingerprint density at radius 3 is 2.23 bits per heavy atom. The molecule has 1 heteroatoms. The smallest absolute Gasteiger partial charge is 0.174 e. The lowest BCUT2D eigenvalue weighted by molar-refractivity contribution is 0.0861. The number of hydrogen-bond acceptors (Lipinski definition) is 1. The summed E-state index contributed by atoms with van der Waals surface area (Å²) in [5.74, 6) is 0.288. The molecule has 0 amide bonds. The van der Waals surface area contributed by atoms with Crippen LogP contribution in [0.2, 0.25) is 0 Å². The summed E-state index contributed by atoms with van der Waals surface area (Å²) in [5, 5.41) is 0. The molecular weight excluding hydrogens is 316 g/mol. The van der Waals surface area contributed by atoms with Gasteiger partial charge in [0, 0.05) is 5.56 Å². The van der Waals surface area contributed by atoms with Crippen LogP contribution in [0.4, 0.5) is 0 Å². The highest BCUT2D eigenvalue weighted by atomic mass is 16.1. The number of carbonyl (C=O) groups is 1. The first-order valence-electron chi connectivity index (χ1n) is 9.22. The molecule has 0 saturated carbocycles. The number of carbonyl (C=O) groups excluding carboxylic acids is 1. The highest BCUT2D eigenvalue weighted by Gasteiger charge is 2.48. The standard InChI is InChI=1S/C25H20O/c26-24-23-13-7-6-12-21(23)17-25(24,16-18-8-2-1-3-9-18)22-14-19-10-4-5-11-20(19)15-22/h1-14H,15-17H2. The molecule has 26 heavy (non-hydrogen) atoms. The van der Waals surface area contributed by atoms with Gasteiger partial charge in [0.25, 0.3) is 0 Å². The van der Waals surface area contributed by atoms with E-state index in [0.29, 0.717) is 0 Å². The Hall–Kier alpha value is -2.93. The molecule has 126 valence electrons. The van der Waals surface area contributed by atoms with E-state index in [1.807, 2.05) is 24.3 Å². The van der Waals surface area contributed by atoms with Gasteiger partial charge in [-0.25, -0.2) is 0 Å². The molecule has 0 heterocycles. The van der Waals surface area contributed by atoms with Crippen molar-refractivity contribution in [1.82, 2.24) is 0 Å². The van der Waals surface area contributed by atoms with Crippen molar-refractivity contribution in [2.24, 2.45) is 5.41 Å². The molecule has 0 N–H and O–H groups in total. The van der Waals surface area contributed by atoms with Crippen LogP contribution in [0.15, 0.2) is 84.4 Å². The van der Waals surface area contributed by atoms with E-state index in [2.05, 4.69) is 60.7 Å². The number of rotatable bonds is 3. The summed E-state index contributed by atoms with van der Waals surface area (Å²) in [5.41, 5.74) is 6.72. The van der Waals surface area contributed by atoms with Crippen LogP contribution in [-0.2, 0) is 19.3 Å². The van der Waals surface area contributed by atoms with E-state index in [1.165, 1.54) is 27.8 Å². The van der Waals surface area contributed by atoms with Crippen LogP contribution in [-0.4, -0.2) is 5.78 Å². The normalized spacial score (nSPS) is 20.6. The second kappa shape index (κ2) is 5.81. The van der Waals surface area contributed by atoms with Crippen molar-refractivity contribution >= 4 is 11.9 Å². The van der Waals surface area contributed by atoms with Crippen LogP contribution in [0.25, 0.3) is 6.08 Å². The fourth-order valence-electron chi connectivity index (χ4n) is 4.61. The predicted octanol–water partition coefficient (Wildman–Crippen LogP) is 5.29. The van der Waals surface area contributed by atoms with E-state index in [-0.39, 0.29) is 5.78 Å². The molecular formula is C25H20O. The zero-order valence-electron chi connectivity index (χ0n) is 14.6. The third-order valence-electron chi connectivity index (χ3n) is 5.92. The average Bonchev–Trinajstić information content (AvgIpc) is 3.23. The van der Waals surface area contributed by atoms with Gasteiger partial charge in [0.1, 0.15) is 0 Å². The van der Waals surface area contributed by atoms with Crippen molar-refractivity contribution in [3.63, 3.8) is 0 Å². The fraction of sp³-hybridized carbons (Fsp3) is 0.160. The molecule has 0 aliphatic heterocycles. The first-order valence-corrected chi connectivity index (χ1v) is 9.22. The number of hydrogen-bond donors (Lipinski definition) is 0. The Morgan fingerprint density at radius 2 is 1.46 bits per heavy atom. The van der Waals surface area contributed by atoms with E-state index in [4.69, 9.17) is 0 Å². The Kier molecular flexibility index (Phi) is 3.43. The summed E-state index contributed by atoms with van der Waals surface area (Å²) >= 11 is 0. The van der Waals surface area contributed by atoms with E-state index in [1.54, 1.807) is 0 Å². The van der Waals surface area contributed by atoms with Crippen LogP contribution in [0.3, 0.4) is 0 Å². The van der Waals surface area contributed by atoms with Crippen molar-refractivity contribution in [1.29, 1.82) is 0 Å². The predicted molar refractivity (Wildman–Crippen MR) is 105 cm³/mol. The maximum absolute atomic E-state index is 13.6. The highest BCUT2D eigenvalue weighted by molar-refractivity contribution is 6.08. The van der Waals surface area contributed by atoms with Crippen LogP contribution in [0.1, 0.15) is 32.6 Å².